The first-order chi connectivity index (χ1) is 9.30. The van der Waals surface area contributed by atoms with Gasteiger partial charge in [-0.3, -0.25) is 0 Å². The quantitative estimate of drug-likeness (QED) is 0.696. The summed E-state index contributed by atoms with van der Waals surface area (Å²) in [5, 5.41) is 17.9. The topological polar surface area (TPSA) is 92.5 Å². The Labute approximate surface area is 114 Å². The Morgan fingerprint density at radius 3 is 1.74 bits per heavy atom. The first-order valence-electron chi connectivity index (χ1n) is 5.51. The van der Waals surface area contributed by atoms with Crippen molar-refractivity contribution in [3.8, 4) is 20.7 Å². The molecule has 0 fully saturated rings. The predicted octanol–water partition coefficient (Wildman–Crippen LogP) is 1.04. The van der Waals surface area contributed by atoms with Gasteiger partial charge in [-0.1, -0.05) is 0 Å². The van der Waals surface area contributed by atoms with Gasteiger partial charge in [0.2, 0.25) is 0 Å². The molecule has 0 bridgehead atoms. The summed E-state index contributed by atoms with van der Waals surface area (Å²) in [6, 6.07) is 3.82. The molecule has 19 heavy (non-hydrogen) atoms. The summed E-state index contributed by atoms with van der Waals surface area (Å²) in [4.78, 5) is 8.33. The molecule has 0 unspecified atom stereocenters. The standard InChI is InChI=1S/C12H10N2O4Se/c15-3-7-5-17-11(13-7)9-1-2-10(19-9)12-14-8(4-16)6-18-12/h1-2,5-6,15-16H,3-4H2. The van der Waals surface area contributed by atoms with E-state index in [1.54, 1.807) is 0 Å². The summed E-state index contributed by atoms with van der Waals surface area (Å²) in [6.07, 6.45) is 2.89. The molecular formula is C12H10N2O4Se. The average molecular weight is 325 g/mol. The van der Waals surface area contributed by atoms with Gasteiger partial charge in [-0.15, -0.1) is 0 Å². The van der Waals surface area contributed by atoms with Crippen molar-refractivity contribution in [2.45, 2.75) is 13.2 Å². The number of nitrogens with zero attached hydrogens (tertiary/aromatic N) is 2. The van der Waals surface area contributed by atoms with Gasteiger partial charge in [0, 0.05) is 0 Å². The van der Waals surface area contributed by atoms with Crippen LogP contribution < -0.4 is 0 Å². The van der Waals surface area contributed by atoms with E-state index in [9.17, 15) is 0 Å². The molecule has 7 heteroatoms. The zero-order chi connectivity index (χ0) is 13.2. The predicted molar refractivity (Wildman–Crippen MR) is 66.2 cm³/mol. The second-order valence-corrected chi connectivity index (χ2v) is 6.04. The van der Waals surface area contributed by atoms with E-state index in [0.717, 1.165) is 8.87 Å². The molecule has 0 aromatic carbocycles. The molecule has 0 aliphatic heterocycles. The molecule has 2 N–H and O–H groups in total. The van der Waals surface area contributed by atoms with E-state index in [1.807, 2.05) is 12.1 Å². The maximum atomic E-state index is 8.96. The number of aromatic nitrogens is 2. The molecule has 0 atom stereocenters. The number of aliphatic hydroxyl groups excluding tert-OH is 2. The molecule has 6 nitrogen and oxygen atoms in total. The van der Waals surface area contributed by atoms with Crippen LogP contribution in [0.25, 0.3) is 20.7 Å². The third-order valence-electron chi connectivity index (χ3n) is 2.46. The third-order valence-corrected chi connectivity index (χ3v) is 4.68. The van der Waals surface area contributed by atoms with Gasteiger partial charge in [-0.2, -0.15) is 0 Å². The minimum atomic E-state index is -0.135. The van der Waals surface area contributed by atoms with Gasteiger partial charge in [-0.25, -0.2) is 0 Å². The zero-order valence-corrected chi connectivity index (χ0v) is 11.5. The van der Waals surface area contributed by atoms with E-state index in [4.69, 9.17) is 19.0 Å². The number of oxazole rings is 2. The van der Waals surface area contributed by atoms with Crippen LogP contribution in [0.4, 0.5) is 0 Å². The molecule has 3 heterocycles. The molecule has 3 rings (SSSR count). The van der Waals surface area contributed by atoms with Gasteiger partial charge in [0.25, 0.3) is 0 Å². The van der Waals surface area contributed by atoms with E-state index < -0.39 is 0 Å². The van der Waals surface area contributed by atoms with Gasteiger partial charge in [0.1, 0.15) is 0 Å². The summed E-state index contributed by atoms with van der Waals surface area (Å²) in [7, 11) is 0. The Morgan fingerprint density at radius 1 is 0.895 bits per heavy atom. The van der Waals surface area contributed by atoms with Crippen molar-refractivity contribution < 1.29 is 19.0 Å². The fourth-order valence-electron chi connectivity index (χ4n) is 1.55. The average Bonchev–Trinajstić information content (AvgIpc) is 3.16. The fourth-order valence-corrected chi connectivity index (χ4v) is 3.38. The fraction of sp³-hybridized carbons (Fsp3) is 0.167. The Bertz CT molecular complexity index is 629. The van der Waals surface area contributed by atoms with Crippen LogP contribution in [0, 0.1) is 0 Å². The summed E-state index contributed by atoms with van der Waals surface area (Å²) < 4.78 is 12.5. The monoisotopic (exact) mass is 326 g/mol. The summed E-state index contributed by atoms with van der Waals surface area (Å²) >= 11 is -0.0187. The van der Waals surface area contributed by atoms with Crippen molar-refractivity contribution in [2.24, 2.45) is 0 Å². The van der Waals surface area contributed by atoms with Crippen LogP contribution in [0.1, 0.15) is 11.4 Å². The molecule has 0 aliphatic carbocycles. The summed E-state index contributed by atoms with van der Waals surface area (Å²) in [6.45, 7) is -0.271. The Balaban J connectivity index is 1.90. The molecule has 0 radical (unpaired) electrons. The van der Waals surface area contributed by atoms with Crippen LogP contribution in [0.3, 0.4) is 0 Å². The van der Waals surface area contributed by atoms with Crippen LogP contribution in [0.2, 0.25) is 0 Å². The van der Waals surface area contributed by atoms with Gasteiger partial charge < -0.3 is 0 Å². The van der Waals surface area contributed by atoms with Crippen LogP contribution in [-0.2, 0) is 13.2 Å². The molecular weight excluding hydrogens is 315 g/mol. The first-order valence-corrected chi connectivity index (χ1v) is 7.22. The van der Waals surface area contributed by atoms with Crippen molar-refractivity contribution in [1.29, 1.82) is 0 Å². The van der Waals surface area contributed by atoms with Crippen LogP contribution in [0.15, 0.2) is 33.5 Å². The van der Waals surface area contributed by atoms with Crippen LogP contribution in [0.5, 0.6) is 0 Å². The van der Waals surface area contributed by atoms with E-state index in [-0.39, 0.29) is 27.7 Å². The van der Waals surface area contributed by atoms with Crippen LogP contribution >= 0.6 is 0 Å². The molecule has 0 spiro atoms. The number of hydrogen-bond donors (Lipinski definition) is 2. The molecule has 0 amide bonds. The zero-order valence-electron chi connectivity index (χ0n) is 9.74. The van der Waals surface area contributed by atoms with Crippen molar-refractivity contribution >= 4 is 14.5 Å². The van der Waals surface area contributed by atoms with Crippen molar-refractivity contribution in [3.63, 3.8) is 0 Å². The first kappa shape index (κ1) is 12.4. The van der Waals surface area contributed by atoms with Crippen LogP contribution in [-0.4, -0.2) is 34.7 Å². The van der Waals surface area contributed by atoms with Crippen molar-refractivity contribution in [2.75, 3.05) is 0 Å². The number of hydrogen-bond acceptors (Lipinski definition) is 6. The summed E-state index contributed by atoms with van der Waals surface area (Å²) in [5.41, 5.74) is 1.03. The minimum absolute atomic E-state index is 0.0187. The van der Waals surface area contributed by atoms with Gasteiger partial charge >= 0.3 is 113 Å². The number of aliphatic hydroxyl groups is 2. The van der Waals surface area contributed by atoms with Gasteiger partial charge in [0.15, 0.2) is 0 Å². The molecule has 0 saturated heterocycles. The van der Waals surface area contributed by atoms with E-state index in [2.05, 4.69) is 9.97 Å². The maximum absolute atomic E-state index is 8.96. The molecule has 0 saturated carbocycles. The van der Waals surface area contributed by atoms with Gasteiger partial charge in [-0.05, 0) is 0 Å². The number of rotatable bonds is 4. The molecule has 3 aromatic heterocycles. The van der Waals surface area contributed by atoms with Crippen molar-refractivity contribution in [3.05, 3.63) is 36.0 Å². The third kappa shape index (κ3) is 2.41. The second kappa shape index (κ2) is 5.14. The van der Waals surface area contributed by atoms with E-state index in [0.29, 0.717) is 23.2 Å². The molecule has 98 valence electrons. The Morgan fingerprint density at radius 2 is 1.37 bits per heavy atom. The Hall–Kier alpha value is -1.66. The van der Waals surface area contributed by atoms with Crippen molar-refractivity contribution in [1.82, 2.24) is 9.97 Å². The molecule has 0 aliphatic rings. The summed E-state index contributed by atoms with van der Waals surface area (Å²) in [5.74, 6) is 1.04. The second-order valence-electron chi connectivity index (χ2n) is 3.77. The Kier molecular flexibility index (Phi) is 3.35. The van der Waals surface area contributed by atoms with E-state index >= 15 is 0 Å². The van der Waals surface area contributed by atoms with Gasteiger partial charge in [0.05, 0.1) is 0 Å². The SMILES string of the molecule is OCc1coc(-c2ccc(-c3nc(CO)co3)[se]2)n1. The molecule has 3 aromatic rings. The van der Waals surface area contributed by atoms with E-state index in [1.165, 1.54) is 12.5 Å². The normalized spacial score (nSPS) is 11.1.